The van der Waals surface area contributed by atoms with Crippen LogP contribution >= 0.6 is 11.3 Å². The van der Waals surface area contributed by atoms with Crippen molar-refractivity contribution < 1.29 is 9.53 Å². The predicted molar refractivity (Wildman–Crippen MR) is 65.7 cm³/mol. The number of aromatic nitrogens is 2. The first-order chi connectivity index (χ1) is 8.29. The SMILES string of the molecule is CCOC(=O)Cc1csc(-c2ccccn2)n1. The highest BCUT2D eigenvalue weighted by atomic mass is 32.1. The van der Waals surface area contributed by atoms with Crippen molar-refractivity contribution in [2.24, 2.45) is 0 Å². The molecular weight excluding hydrogens is 236 g/mol. The Morgan fingerprint density at radius 1 is 1.47 bits per heavy atom. The van der Waals surface area contributed by atoms with E-state index in [0.717, 1.165) is 16.4 Å². The number of carbonyl (C=O) groups excluding carboxylic acids is 1. The number of pyridine rings is 1. The quantitative estimate of drug-likeness (QED) is 0.779. The van der Waals surface area contributed by atoms with E-state index in [9.17, 15) is 4.79 Å². The molecular formula is C12H12N2O2S. The van der Waals surface area contributed by atoms with E-state index in [4.69, 9.17) is 4.74 Å². The molecule has 0 atom stereocenters. The van der Waals surface area contributed by atoms with Crippen molar-refractivity contribution >= 4 is 17.3 Å². The first-order valence-corrected chi connectivity index (χ1v) is 6.19. The van der Waals surface area contributed by atoms with Crippen LogP contribution in [0, 0.1) is 0 Å². The Kier molecular flexibility index (Phi) is 3.82. The molecule has 0 aromatic carbocycles. The Morgan fingerprint density at radius 3 is 3.06 bits per heavy atom. The van der Waals surface area contributed by atoms with Gasteiger partial charge in [-0.3, -0.25) is 9.78 Å². The molecule has 88 valence electrons. The minimum absolute atomic E-state index is 0.219. The second kappa shape index (κ2) is 5.54. The molecule has 2 heterocycles. The van der Waals surface area contributed by atoms with E-state index in [1.165, 1.54) is 11.3 Å². The molecule has 0 saturated carbocycles. The first kappa shape index (κ1) is 11.7. The predicted octanol–water partition coefficient (Wildman–Crippen LogP) is 2.31. The van der Waals surface area contributed by atoms with Crippen molar-refractivity contribution in [1.82, 2.24) is 9.97 Å². The maximum absolute atomic E-state index is 11.3. The third kappa shape index (κ3) is 3.10. The summed E-state index contributed by atoms with van der Waals surface area (Å²) in [6.07, 6.45) is 1.94. The molecule has 0 N–H and O–H groups in total. The monoisotopic (exact) mass is 248 g/mol. The molecule has 17 heavy (non-hydrogen) atoms. The summed E-state index contributed by atoms with van der Waals surface area (Å²) in [4.78, 5) is 19.9. The van der Waals surface area contributed by atoms with Crippen LogP contribution in [-0.4, -0.2) is 22.5 Å². The molecule has 0 aliphatic rings. The minimum Gasteiger partial charge on any atom is -0.466 e. The second-order valence-electron chi connectivity index (χ2n) is 3.34. The molecule has 0 spiro atoms. The van der Waals surface area contributed by atoms with Crippen molar-refractivity contribution in [3.05, 3.63) is 35.5 Å². The summed E-state index contributed by atoms with van der Waals surface area (Å²) in [6.45, 7) is 2.19. The molecule has 5 heteroatoms. The van der Waals surface area contributed by atoms with Crippen molar-refractivity contribution in [2.45, 2.75) is 13.3 Å². The van der Waals surface area contributed by atoms with E-state index in [0.29, 0.717) is 6.61 Å². The fraction of sp³-hybridized carbons (Fsp3) is 0.250. The van der Waals surface area contributed by atoms with Gasteiger partial charge in [0.2, 0.25) is 0 Å². The van der Waals surface area contributed by atoms with Gasteiger partial charge in [-0.05, 0) is 19.1 Å². The van der Waals surface area contributed by atoms with Crippen molar-refractivity contribution in [3.63, 3.8) is 0 Å². The highest BCUT2D eigenvalue weighted by Gasteiger charge is 2.09. The molecule has 4 nitrogen and oxygen atoms in total. The molecule has 2 rings (SSSR count). The third-order valence-corrected chi connectivity index (χ3v) is 2.98. The Labute approximate surface area is 103 Å². The molecule has 2 aromatic rings. The van der Waals surface area contributed by atoms with Crippen molar-refractivity contribution in [2.75, 3.05) is 6.61 Å². The average Bonchev–Trinajstić information content (AvgIpc) is 2.79. The summed E-state index contributed by atoms with van der Waals surface area (Å²) in [5.74, 6) is -0.245. The maximum atomic E-state index is 11.3. The topological polar surface area (TPSA) is 52.1 Å². The van der Waals surface area contributed by atoms with Gasteiger partial charge in [-0.25, -0.2) is 4.98 Å². The molecule has 2 aromatic heterocycles. The molecule has 0 saturated heterocycles. The van der Waals surface area contributed by atoms with Crippen molar-refractivity contribution in [1.29, 1.82) is 0 Å². The van der Waals surface area contributed by atoms with Gasteiger partial charge in [-0.15, -0.1) is 11.3 Å². The third-order valence-electron chi connectivity index (χ3n) is 2.07. The lowest BCUT2D eigenvalue weighted by Crippen LogP contribution is -2.07. The summed E-state index contributed by atoms with van der Waals surface area (Å²) in [6, 6.07) is 5.67. The Bertz CT molecular complexity index is 496. The fourth-order valence-electron chi connectivity index (χ4n) is 1.35. The summed E-state index contributed by atoms with van der Waals surface area (Å²) in [7, 11) is 0. The van der Waals surface area contributed by atoms with Crippen LogP contribution in [0.5, 0.6) is 0 Å². The van der Waals surface area contributed by atoms with E-state index in [1.807, 2.05) is 23.6 Å². The van der Waals surface area contributed by atoms with Gasteiger partial charge in [-0.1, -0.05) is 6.07 Å². The Morgan fingerprint density at radius 2 is 2.35 bits per heavy atom. The summed E-state index contributed by atoms with van der Waals surface area (Å²) in [5.41, 5.74) is 1.56. The number of esters is 1. The minimum atomic E-state index is -0.245. The van der Waals surface area contributed by atoms with E-state index >= 15 is 0 Å². The van der Waals surface area contributed by atoms with Crippen LogP contribution in [0.2, 0.25) is 0 Å². The van der Waals surface area contributed by atoms with Gasteiger partial charge in [0.15, 0.2) is 0 Å². The first-order valence-electron chi connectivity index (χ1n) is 5.31. The van der Waals surface area contributed by atoms with Gasteiger partial charge in [0.1, 0.15) is 5.01 Å². The number of ether oxygens (including phenoxy) is 1. The average molecular weight is 248 g/mol. The zero-order valence-corrected chi connectivity index (χ0v) is 10.2. The van der Waals surface area contributed by atoms with Crippen LogP contribution < -0.4 is 0 Å². The number of rotatable bonds is 4. The van der Waals surface area contributed by atoms with Gasteiger partial charge in [-0.2, -0.15) is 0 Å². The highest BCUT2D eigenvalue weighted by Crippen LogP contribution is 2.21. The number of carbonyl (C=O) groups is 1. The zero-order valence-electron chi connectivity index (χ0n) is 9.42. The van der Waals surface area contributed by atoms with Gasteiger partial charge >= 0.3 is 5.97 Å². The van der Waals surface area contributed by atoms with E-state index in [-0.39, 0.29) is 12.4 Å². The Balaban J connectivity index is 2.09. The van der Waals surface area contributed by atoms with Gasteiger partial charge in [0.05, 0.1) is 24.4 Å². The molecule has 0 unspecified atom stereocenters. The van der Waals surface area contributed by atoms with Crippen LogP contribution in [0.3, 0.4) is 0 Å². The van der Waals surface area contributed by atoms with E-state index < -0.39 is 0 Å². The summed E-state index contributed by atoms with van der Waals surface area (Å²) >= 11 is 1.48. The lowest BCUT2D eigenvalue weighted by atomic mass is 10.3. The largest absolute Gasteiger partial charge is 0.466 e. The molecule has 0 fully saturated rings. The van der Waals surface area contributed by atoms with Gasteiger partial charge in [0.25, 0.3) is 0 Å². The molecule has 0 radical (unpaired) electrons. The lowest BCUT2D eigenvalue weighted by Gasteiger charge is -1.98. The highest BCUT2D eigenvalue weighted by molar-refractivity contribution is 7.13. The van der Waals surface area contributed by atoms with Crippen LogP contribution in [0.1, 0.15) is 12.6 Å². The lowest BCUT2D eigenvalue weighted by molar-refractivity contribution is -0.142. The standard InChI is InChI=1S/C12H12N2O2S/c1-2-16-11(15)7-9-8-17-12(14-9)10-5-3-4-6-13-10/h3-6,8H,2,7H2,1H3. The number of nitrogens with zero attached hydrogens (tertiary/aromatic N) is 2. The zero-order chi connectivity index (χ0) is 12.1. The molecule has 0 bridgehead atoms. The molecule has 0 aliphatic carbocycles. The van der Waals surface area contributed by atoms with Gasteiger partial charge in [0, 0.05) is 11.6 Å². The number of hydrogen-bond donors (Lipinski definition) is 0. The van der Waals surface area contributed by atoms with Gasteiger partial charge < -0.3 is 4.74 Å². The van der Waals surface area contributed by atoms with Crippen LogP contribution in [0.4, 0.5) is 0 Å². The van der Waals surface area contributed by atoms with Crippen LogP contribution in [0.25, 0.3) is 10.7 Å². The van der Waals surface area contributed by atoms with Crippen molar-refractivity contribution in [3.8, 4) is 10.7 Å². The molecule has 0 aliphatic heterocycles. The number of hydrogen-bond acceptors (Lipinski definition) is 5. The van der Waals surface area contributed by atoms with E-state index in [1.54, 1.807) is 13.1 Å². The summed E-state index contributed by atoms with van der Waals surface area (Å²) in [5, 5.41) is 2.69. The fourth-order valence-corrected chi connectivity index (χ4v) is 2.15. The van der Waals surface area contributed by atoms with Crippen LogP contribution in [0.15, 0.2) is 29.8 Å². The number of thiazole rings is 1. The smallest absolute Gasteiger partial charge is 0.311 e. The second-order valence-corrected chi connectivity index (χ2v) is 4.20. The normalized spacial score (nSPS) is 10.2. The Hall–Kier alpha value is -1.75. The maximum Gasteiger partial charge on any atom is 0.311 e. The molecule has 0 amide bonds. The van der Waals surface area contributed by atoms with Crippen LogP contribution in [-0.2, 0) is 16.0 Å². The van der Waals surface area contributed by atoms with E-state index in [2.05, 4.69) is 9.97 Å². The summed E-state index contributed by atoms with van der Waals surface area (Å²) < 4.78 is 4.87.